The number of halogens is 3. The zero-order valence-corrected chi connectivity index (χ0v) is 11.1. The Morgan fingerprint density at radius 2 is 1.59 bits per heavy atom. The Morgan fingerprint density at radius 1 is 0.909 bits per heavy atom. The fraction of sp³-hybridized carbons (Fsp3) is 0.0714. The summed E-state index contributed by atoms with van der Waals surface area (Å²) in [5.74, 6) is -0.572. The van der Waals surface area contributed by atoms with Crippen LogP contribution in [0.5, 0.6) is 0 Å². The van der Waals surface area contributed by atoms with Crippen molar-refractivity contribution in [3.63, 3.8) is 0 Å². The van der Waals surface area contributed by atoms with Crippen molar-refractivity contribution < 1.29 is 13.2 Å². The number of anilines is 2. The van der Waals surface area contributed by atoms with Gasteiger partial charge in [-0.15, -0.1) is 0 Å². The van der Waals surface area contributed by atoms with E-state index in [-0.39, 0.29) is 28.5 Å². The van der Waals surface area contributed by atoms with Crippen LogP contribution in [-0.4, -0.2) is 15.0 Å². The highest BCUT2D eigenvalue weighted by Crippen LogP contribution is 2.38. The van der Waals surface area contributed by atoms with E-state index in [4.69, 9.17) is 11.5 Å². The van der Waals surface area contributed by atoms with E-state index in [0.29, 0.717) is 5.56 Å². The second kappa shape index (κ2) is 4.83. The van der Waals surface area contributed by atoms with Crippen molar-refractivity contribution in [1.82, 2.24) is 15.0 Å². The average molecular weight is 305 g/mol. The van der Waals surface area contributed by atoms with Gasteiger partial charge >= 0.3 is 6.18 Å². The van der Waals surface area contributed by atoms with Crippen molar-refractivity contribution in [3.8, 4) is 11.3 Å². The highest BCUT2D eigenvalue weighted by molar-refractivity contribution is 5.91. The van der Waals surface area contributed by atoms with Crippen molar-refractivity contribution in [3.05, 3.63) is 42.0 Å². The second-order valence-electron chi connectivity index (χ2n) is 4.58. The maximum absolute atomic E-state index is 13.3. The molecule has 3 aromatic rings. The monoisotopic (exact) mass is 305 g/mol. The van der Waals surface area contributed by atoms with Crippen LogP contribution in [0.4, 0.5) is 24.9 Å². The van der Waals surface area contributed by atoms with E-state index >= 15 is 0 Å². The molecule has 5 nitrogen and oxygen atoms in total. The fourth-order valence-corrected chi connectivity index (χ4v) is 2.16. The average Bonchev–Trinajstić information content (AvgIpc) is 2.45. The van der Waals surface area contributed by atoms with Crippen LogP contribution in [0.2, 0.25) is 0 Å². The third-order valence-corrected chi connectivity index (χ3v) is 3.09. The minimum atomic E-state index is -4.61. The predicted molar refractivity (Wildman–Crippen MR) is 76.6 cm³/mol. The van der Waals surface area contributed by atoms with Gasteiger partial charge in [-0.2, -0.15) is 23.1 Å². The molecule has 0 radical (unpaired) electrons. The number of alkyl halides is 3. The molecule has 0 unspecified atom stereocenters. The summed E-state index contributed by atoms with van der Waals surface area (Å²) in [6.07, 6.45) is -4.61. The maximum atomic E-state index is 13.3. The number of hydrogen-bond acceptors (Lipinski definition) is 5. The van der Waals surface area contributed by atoms with Crippen LogP contribution in [-0.2, 0) is 6.18 Å². The third-order valence-electron chi connectivity index (χ3n) is 3.09. The van der Waals surface area contributed by atoms with Gasteiger partial charge in [0, 0.05) is 5.56 Å². The number of nitrogen functional groups attached to an aromatic ring is 2. The summed E-state index contributed by atoms with van der Waals surface area (Å²) in [5, 5.41) is -0.346. The van der Waals surface area contributed by atoms with Gasteiger partial charge in [0.1, 0.15) is 5.82 Å². The van der Waals surface area contributed by atoms with Gasteiger partial charge in [-0.25, -0.2) is 4.98 Å². The number of pyridine rings is 1. The first-order chi connectivity index (χ1) is 10.4. The van der Waals surface area contributed by atoms with Crippen molar-refractivity contribution >= 4 is 22.8 Å². The number of nitrogens with two attached hydrogens (primary N) is 2. The highest BCUT2D eigenvalue weighted by Gasteiger charge is 2.35. The molecule has 0 amide bonds. The molecular weight excluding hydrogens is 295 g/mol. The van der Waals surface area contributed by atoms with Crippen molar-refractivity contribution in [1.29, 1.82) is 0 Å². The number of hydrogen-bond donors (Lipinski definition) is 2. The smallest absolute Gasteiger partial charge is 0.383 e. The van der Waals surface area contributed by atoms with Gasteiger partial charge in [-0.05, 0) is 6.07 Å². The minimum absolute atomic E-state index is 0.137. The molecule has 0 aliphatic rings. The van der Waals surface area contributed by atoms with Gasteiger partial charge in [-0.3, -0.25) is 0 Å². The van der Waals surface area contributed by atoms with Crippen LogP contribution >= 0.6 is 0 Å². The maximum Gasteiger partial charge on any atom is 0.417 e. The quantitative estimate of drug-likeness (QED) is 0.721. The number of aromatic nitrogens is 3. The molecule has 0 bridgehead atoms. The molecule has 1 aromatic carbocycles. The summed E-state index contributed by atoms with van der Waals surface area (Å²) in [6.45, 7) is 0. The lowest BCUT2D eigenvalue weighted by atomic mass is 10.1. The SMILES string of the molecule is Nc1nc(N)c2c(C(F)(F)F)cc(-c3ccccc3)nc2n1. The van der Waals surface area contributed by atoms with Crippen molar-refractivity contribution in [2.75, 3.05) is 11.5 Å². The minimum Gasteiger partial charge on any atom is -0.383 e. The largest absolute Gasteiger partial charge is 0.417 e. The molecule has 3 rings (SSSR count). The van der Waals surface area contributed by atoms with Crippen LogP contribution in [0.1, 0.15) is 5.56 Å². The van der Waals surface area contributed by atoms with Crippen LogP contribution in [0.25, 0.3) is 22.3 Å². The number of fused-ring (bicyclic) bond motifs is 1. The van der Waals surface area contributed by atoms with E-state index in [1.807, 2.05) is 0 Å². The van der Waals surface area contributed by atoms with Gasteiger partial charge in [-0.1, -0.05) is 30.3 Å². The van der Waals surface area contributed by atoms with Crippen LogP contribution in [0.3, 0.4) is 0 Å². The van der Waals surface area contributed by atoms with E-state index in [0.717, 1.165) is 6.07 Å². The molecule has 22 heavy (non-hydrogen) atoms. The summed E-state index contributed by atoms with van der Waals surface area (Å²) in [5.41, 5.74) is 10.6. The Hall–Kier alpha value is -2.90. The van der Waals surface area contributed by atoms with Gasteiger partial charge < -0.3 is 11.5 Å². The van der Waals surface area contributed by atoms with Crippen molar-refractivity contribution in [2.24, 2.45) is 0 Å². The zero-order valence-electron chi connectivity index (χ0n) is 11.1. The molecule has 112 valence electrons. The molecule has 2 aromatic heterocycles. The van der Waals surface area contributed by atoms with Crippen molar-refractivity contribution in [2.45, 2.75) is 6.18 Å². The molecular formula is C14H10F3N5. The third kappa shape index (κ3) is 2.39. The Kier molecular flexibility index (Phi) is 3.09. The molecule has 0 saturated carbocycles. The Bertz CT molecular complexity index is 846. The summed E-state index contributed by atoms with van der Waals surface area (Å²) < 4.78 is 40.0. The van der Waals surface area contributed by atoms with Gasteiger partial charge in [0.05, 0.1) is 16.6 Å². The standard InChI is InChI=1S/C14H10F3N5/c15-14(16,17)8-6-9(7-4-2-1-3-5-7)20-12-10(8)11(18)21-13(19)22-12/h1-6H,(H4,18,19,20,21,22). The summed E-state index contributed by atoms with van der Waals surface area (Å²) in [4.78, 5) is 11.5. The first-order valence-electron chi connectivity index (χ1n) is 6.22. The normalized spacial score (nSPS) is 11.8. The zero-order chi connectivity index (χ0) is 15.9. The van der Waals surface area contributed by atoms with Gasteiger partial charge in [0.15, 0.2) is 5.65 Å². The van der Waals surface area contributed by atoms with Crippen LogP contribution in [0, 0.1) is 0 Å². The fourth-order valence-electron chi connectivity index (χ4n) is 2.16. The number of rotatable bonds is 1. The molecule has 0 spiro atoms. The van der Waals surface area contributed by atoms with Crippen LogP contribution in [0.15, 0.2) is 36.4 Å². The topological polar surface area (TPSA) is 90.7 Å². The van der Waals surface area contributed by atoms with E-state index < -0.39 is 11.7 Å². The lowest BCUT2D eigenvalue weighted by molar-refractivity contribution is -0.136. The Morgan fingerprint density at radius 3 is 2.23 bits per heavy atom. The summed E-state index contributed by atoms with van der Waals surface area (Å²) >= 11 is 0. The lowest BCUT2D eigenvalue weighted by Gasteiger charge is -2.13. The van der Waals surface area contributed by atoms with E-state index in [1.54, 1.807) is 30.3 Å². The molecule has 0 fully saturated rings. The first-order valence-corrected chi connectivity index (χ1v) is 6.22. The van der Waals surface area contributed by atoms with E-state index in [2.05, 4.69) is 15.0 Å². The lowest BCUT2D eigenvalue weighted by Crippen LogP contribution is -2.11. The highest BCUT2D eigenvalue weighted by atomic mass is 19.4. The number of benzene rings is 1. The molecule has 0 aliphatic heterocycles. The molecule has 4 N–H and O–H groups in total. The molecule has 0 aliphatic carbocycles. The predicted octanol–water partition coefficient (Wildman–Crippen LogP) is 2.88. The first kappa shape index (κ1) is 14.1. The van der Waals surface area contributed by atoms with Gasteiger partial charge in [0.25, 0.3) is 0 Å². The number of nitrogens with zero attached hydrogens (tertiary/aromatic N) is 3. The summed E-state index contributed by atoms with van der Waals surface area (Å²) in [7, 11) is 0. The second-order valence-corrected chi connectivity index (χ2v) is 4.58. The Labute approximate surface area is 122 Å². The molecule has 2 heterocycles. The molecule has 0 saturated heterocycles. The van der Waals surface area contributed by atoms with E-state index in [9.17, 15) is 13.2 Å². The van der Waals surface area contributed by atoms with Crippen LogP contribution < -0.4 is 11.5 Å². The Balaban J connectivity index is 2.39. The molecule has 8 heteroatoms. The summed E-state index contributed by atoms with van der Waals surface area (Å²) in [6, 6.07) is 9.42. The van der Waals surface area contributed by atoms with E-state index in [1.165, 1.54) is 0 Å². The van der Waals surface area contributed by atoms with Gasteiger partial charge in [0.2, 0.25) is 5.95 Å². The molecule has 0 atom stereocenters.